The number of benzene rings is 2. The monoisotopic (exact) mass is 396 g/mol. The molecule has 0 aliphatic carbocycles. The first-order valence-corrected chi connectivity index (χ1v) is 9.97. The van der Waals surface area contributed by atoms with Crippen molar-refractivity contribution in [1.29, 1.82) is 0 Å². The van der Waals surface area contributed by atoms with Crippen LogP contribution in [0.15, 0.2) is 52.4 Å². The minimum absolute atomic E-state index is 0.0684. The lowest BCUT2D eigenvalue weighted by Crippen LogP contribution is -2.23. The van der Waals surface area contributed by atoms with Gasteiger partial charge in [0.05, 0.1) is 24.3 Å². The fourth-order valence-corrected chi connectivity index (χ4v) is 3.62. The first-order valence-electron chi connectivity index (χ1n) is 9.15. The van der Waals surface area contributed by atoms with Gasteiger partial charge in [0.15, 0.2) is 16.7 Å². The van der Waals surface area contributed by atoms with Gasteiger partial charge in [0.25, 0.3) is 5.91 Å². The van der Waals surface area contributed by atoms with Gasteiger partial charge < -0.3 is 9.47 Å². The van der Waals surface area contributed by atoms with E-state index in [4.69, 9.17) is 9.47 Å². The molecule has 3 rings (SSSR count). The van der Waals surface area contributed by atoms with Crippen LogP contribution in [0.2, 0.25) is 0 Å². The van der Waals surface area contributed by atoms with Crippen LogP contribution in [0.5, 0.6) is 11.5 Å². The summed E-state index contributed by atoms with van der Waals surface area (Å²) in [6.45, 7) is 4.72. The van der Waals surface area contributed by atoms with Gasteiger partial charge in [-0.15, -0.1) is 0 Å². The molecule has 0 atom stereocenters. The second-order valence-corrected chi connectivity index (χ2v) is 7.47. The molecule has 146 valence electrons. The number of aliphatic imine (C=N–C) groups is 1. The van der Waals surface area contributed by atoms with Crippen LogP contribution in [0.1, 0.15) is 24.5 Å². The van der Waals surface area contributed by atoms with Crippen molar-refractivity contribution in [1.82, 2.24) is 4.90 Å². The highest BCUT2D eigenvalue weighted by molar-refractivity contribution is 8.18. The molecule has 0 unspecified atom stereocenters. The minimum Gasteiger partial charge on any atom is -0.493 e. The van der Waals surface area contributed by atoms with Gasteiger partial charge in [-0.1, -0.05) is 30.7 Å². The Morgan fingerprint density at radius 2 is 1.89 bits per heavy atom. The van der Waals surface area contributed by atoms with Crippen molar-refractivity contribution in [2.24, 2.45) is 4.99 Å². The van der Waals surface area contributed by atoms with E-state index in [9.17, 15) is 4.79 Å². The minimum atomic E-state index is -0.0684. The van der Waals surface area contributed by atoms with E-state index in [1.165, 1.54) is 17.3 Å². The maximum absolute atomic E-state index is 12.6. The lowest BCUT2D eigenvalue weighted by Gasteiger charge is -2.10. The highest BCUT2D eigenvalue weighted by Gasteiger charge is 2.30. The van der Waals surface area contributed by atoms with Gasteiger partial charge in [-0.3, -0.25) is 9.69 Å². The average Bonchev–Trinajstić information content (AvgIpc) is 2.96. The van der Waals surface area contributed by atoms with Crippen LogP contribution >= 0.6 is 11.8 Å². The maximum Gasteiger partial charge on any atom is 0.266 e. The van der Waals surface area contributed by atoms with Crippen LogP contribution in [0.3, 0.4) is 0 Å². The lowest BCUT2D eigenvalue weighted by molar-refractivity contribution is -0.121. The Balaban J connectivity index is 1.84. The molecule has 0 spiro atoms. The lowest BCUT2D eigenvalue weighted by atomic mass is 10.2. The molecule has 5 nitrogen and oxygen atoms in total. The number of ether oxygens (including phenoxy) is 2. The highest BCUT2D eigenvalue weighted by atomic mass is 32.2. The number of methoxy groups -OCH3 is 1. The number of hydrogen-bond donors (Lipinski definition) is 0. The van der Waals surface area contributed by atoms with Gasteiger partial charge in [-0.25, -0.2) is 4.99 Å². The number of hydrogen-bond acceptors (Lipinski definition) is 5. The first-order chi connectivity index (χ1) is 13.5. The molecular formula is C22H24N2O3S. The van der Waals surface area contributed by atoms with Crippen molar-refractivity contribution in [2.45, 2.75) is 20.3 Å². The van der Waals surface area contributed by atoms with E-state index in [1.807, 2.05) is 55.5 Å². The molecular weight excluding hydrogens is 372 g/mol. The summed E-state index contributed by atoms with van der Waals surface area (Å²) in [4.78, 5) is 19.4. The van der Waals surface area contributed by atoms with Gasteiger partial charge in [0.2, 0.25) is 0 Å². The van der Waals surface area contributed by atoms with Crippen molar-refractivity contribution in [3.63, 3.8) is 0 Å². The summed E-state index contributed by atoms with van der Waals surface area (Å²) in [6, 6.07) is 13.6. The van der Waals surface area contributed by atoms with Crippen molar-refractivity contribution in [3.05, 3.63) is 58.5 Å². The molecule has 0 radical (unpaired) electrons. The summed E-state index contributed by atoms with van der Waals surface area (Å²) < 4.78 is 11.1. The first kappa shape index (κ1) is 20.0. The van der Waals surface area contributed by atoms with E-state index >= 15 is 0 Å². The number of carbonyl (C=O) groups excluding carboxylic acids is 1. The summed E-state index contributed by atoms with van der Waals surface area (Å²) in [6.07, 6.45) is 2.78. The average molecular weight is 397 g/mol. The van der Waals surface area contributed by atoms with E-state index in [1.54, 1.807) is 19.1 Å². The summed E-state index contributed by atoms with van der Waals surface area (Å²) in [5.41, 5.74) is 2.88. The zero-order valence-electron chi connectivity index (χ0n) is 16.6. The van der Waals surface area contributed by atoms with Crippen LogP contribution in [0.25, 0.3) is 6.08 Å². The standard InChI is InChI=1S/C22H24N2O3S/c1-5-12-27-18-11-8-16(13-19(18)26-4)14-20-21(25)24(3)22(28-20)23-17-9-6-15(2)7-10-17/h6-11,13-14H,5,12H2,1-4H3/b20-14+,23-22?. The van der Waals surface area contributed by atoms with Gasteiger partial charge in [-0.05, 0) is 61.0 Å². The van der Waals surface area contributed by atoms with Gasteiger partial charge in [0, 0.05) is 7.05 Å². The number of rotatable bonds is 6. The van der Waals surface area contributed by atoms with Crippen molar-refractivity contribution in [2.75, 3.05) is 20.8 Å². The van der Waals surface area contributed by atoms with E-state index < -0.39 is 0 Å². The second kappa shape index (κ2) is 8.97. The van der Waals surface area contributed by atoms with Crippen molar-refractivity contribution < 1.29 is 14.3 Å². The Hall–Kier alpha value is -2.73. The van der Waals surface area contributed by atoms with E-state index in [0.29, 0.717) is 28.2 Å². The largest absolute Gasteiger partial charge is 0.493 e. The number of carbonyl (C=O) groups is 1. The molecule has 1 saturated heterocycles. The van der Waals surface area contributed by atoms with Crippen LogP contribution in [0.4, 0.5) is 5.69 Å². The number of aryl methyl sites for hydroxylation is 1. The zero-order valence-corrected chi connectivity index (χ0v) is 17.4. The quantitative estimate of drug-likeness (QED) is 0.643. The molecule has 0 bridgehead atoms. The molecule has 28 heavy (non-hydrogen) atoms. The molecule has 1 amide bonds. The third-order valence-corrected chi connectivity index (χ3v) is 5.27. The number of thioether (sulfide) groups is 1. The Morgan fingerprint density at radius 1 is 1.14 bits per heavy atom. The number of amides is 1. The van der Waals surface area contributed by atoms with Crippen LogP contribution in [0, 0.1) is 6.92 Å². The third kappa shape index (κ3) is 4.57. The van der Waals surface area contributed by atoms with Crippen molar-refractivity contribution >= 4 is 34.6 Å². The van der Waals surface area contributed by atoms with Crippen LogP contribution < -0.4 is 9.47 Å². The Kier molecular flexibility index (Phi) is 6.41. The maximum atomic E-state index is 12.6. The SMILES string of the molecule is CCCOc1ccc(/C=C2/SC(=Nc3ccc(C)cc3)N(C)C2=O)cc1OC. The molecule has 1 aliphatic rings. The number of amidine groups is 1. The fraction of sp³-hybridized carbons (Fsp3) is 0.273. The second-order valence-electron chi connectivity index (χ2n) is 6.46. The highest BCUT2D eigenvalue weighted by Crippen LogP contribution is 2.35. The number of nitrogens with zero attached hydrogens (tertiary/aromatic N) is 2. The van der Waals surface area contributed by atoms with Gasteiger partial charge in [0.1, 0.15) is 0 Å². The molecule has 0 saturated carbocycles. The van der Waals surface area contributed by atoms with Crippen LogP contribution in [-0.4, -0.2) is 36.7 Å². The molecule has 0 aromatic heterocycles. The molecule has 1 heterocycles. The fourth-order valence-electron chi connectivity index (χ4n) is 2.64. The molecule has 2 aromatic carbocycles. The summed E-state index contributed by atoms with van der Waals surface area (Å²) in [5, 5.41) is 0.662. The van der Waals surface area contributed by atoms with Gasteiger partial charge >= 0.3 is 0 Å². The number of likely N-dealkylation sites (N-methyl/N-ethyl adjacent to an activating group) is 1. The van der Waals surface area contributed by atoms with E-state index in [2.05, 4.69) is 11.9 Å². The summed E-state index contributed by atoms with van der Waals surface area (Å²) >= 11 is 1.37. The predicted octanol–water partition coefficient (Wildman–Crippen LogP) is 5.03. The normalized spacial score (nSPS) is 16.9. The smallest absolute Gasteiger partial charge is 0.266 e. The van der Waals surface area contributed by atoms with E-state index in [0.717, 1.165) is 17.7 Å². The summed E-state index contributed by atoms with van der Waals surface area (Å²) in [5.74, 6) is 1.29. The van der Waals surface area contributed by atoms with Gasteiger partial charge in [-0.2, -0.15) is 0 Å². The molecule has 0 N–H and O–H groups in total. The third-order valence-electron chi connectivity index (χ3n) is 4.21. The van der Waals surface area contributed by atoms with Crippen molar-refractivity contribution in [3.8, 4) is 11.5 Å². The molecule has 2 aromatic rings. The Morgan fingerprint density at radius 3 is 2.57 bits per heavy atom. The van der Waals surface area contributed by atoms with E-state index in [-0.39, 0.29) is 5.91 Å². The zero-order chi connectivity index (χ0) is 20.1. The van der Waals surface area contributed by atoms with Crippen LogP contribution in [-0.2, 0) is 4.79 Å². The Labute approximate surface area is 170 Å². The molecule has 1 aliphatic heterocycles. The molecule has 6 heteroatoms. The summed E-state index contributed by atoms with van der Waals surface area (Å²) in [7, 11) is 3.35. The topological polar surface area (TPSA) is 51.1 Å². The molecule has 1 fully saturated rings. The predicted molar refractivity (Wildman–Crippen MR) is 115 cm³/mol. The Bertz CT molecular complexity index is 920.